The zero-order chi connectivity index (χ0) is 21.7. The SMILES string of the molecule is COC(=O)c1cc(C(=O)N[C@@H](Cc2nccn2C)c2ccccc2)cc([N+](=O)[O-])c1. The Morgan fingerprint density at radius 1 is 1.20 bits per heavy atom. The fourth-order valence-electron chi connectivity index (χ4n) is 3.04. The third-order valence-electron chi connectivity index (χ3n) is 4.63. The molecule has 2 aromatic carbocycles. The number of hydrogen-bond donors (Lipinski definition) is 1. The lowest BCUT2D eigenvalue weighted by molar-refractivity contribution is -0.384. The molecule has 1 heterocycles. The van der Waals surface area contributed by atoms with E-state index in [1.54, 1.807) is 6.20 Å². The van der Waals surface area contributed by atoms with E-state index < -0.39 is 22.8 Å². The van der Waals surface area contributed by atoms with Crippen LogP contribution in [0, 0.1) is 10.1 Å². The van der Waals surface area contributed by atoms with Crippen LogP contribution in [0.15, 0.2) is 60.9 Å². The minimum atomic E-state index is -0.764. The number of esters is 1. The second kappa shape index (κ2) is 8.99. The van der Waals surface area contributed by atoms with E-state index in [1.807, 2.05) is 48.1 Å². The number of carbonyl (C=O) groups is 2. The number of nitrogens with zero attached hydrogens (tertiary/aromatic N) is 3. The number of methoxy groups -OCH3 is 1. The molecule has 0 bridgehead atoms. The fraction of sp³-hybridized carbons (Fsp3) is 0.190. The van der Waals surface area contributed by atoms with Gasteiger partial charge in [0.1, 0.15) is 5.82 Å². The summed E-state index contributed by atoms with van der Waals surface area (Å²) in [5.74, 6) is -0.550. The predicted octanol–water partition coefficient (Wildman–Crippen LogP) is 2.83. The van der Waals surface area contributed by atoms with Gasteiger partial charge in [0, 0.05) is 43.6 Å². The molecule has 0 fully saturated rings. The van der Waals surface area contributed by atoms with E-state index in [4.69, 9.17) is 0 Å². The van der Waals surface area contributed by atoms with Gasteiger partial charge >= 0.3 is 5.97 Å². The van der Waals surface area contributed by atoms with Crippen molar-refractivity contribution in [2.75, 3.05) is 7.11 Å². The topological polar surface area (TPSA) is 116 Å². The van der Waals surface area contributed by atoms with Crippen LogP contribution >= 0.6 is 0 Å². The number of aromatic nitrogens is 2. The zero-order valence-electron chi connectivity index (χ0n) is 16.4. The Labute approximate surface area is 172 Å². The molecule has 0 spiro atoms. The molecule has 9 heteroatoms. The summed E-state index contributed by atoms with van der Waals surface area (Å²) in [5.41, 5.74) is 0.401. The number of amides is 1. The molecule has 0 aliphatic heterocycles. The Morgan fingerprint density at radius 2 is 1.90 bits per heavy atom. The van der Waals surface area contributed by atoms with Crippen LogP contribution in [0.3, 0.4) is 0 Å². The van der Waals surface area contributed by atoms with Gasteiger partial charge in [0.25, 0.3) is 11.6 Å². The summed E-state index contributed by atoms with van der Waals surface area (Å²) < 4.78 is 6.49. The second-order valence-electron chi connectivity index (χ2n) is 6.61. The summed E-state index contributed by atoms with van der Waals surface area (Å²) in [4.78, 5) is 39.7. The summed E-state index contributed by atoms with van der Waals surface area (Å²) in [6, 6.07) is 12.4. The highest BCUT2D eigenvalue weighted by Crippen LogP contribution is 2.21. The maximum Gasteiger partial charge on any atom is 0.338 e. The number of carbonyl (C=O) groups excluding carboxylic acids is 2. The van der Waals surface area contributed by atoms with Gasteiger partial charge in [-0.1, -0.05) is 30.3 Å². The van der Waals surface area contributed by atoms with Crippen LogP contribution in [0.4, 0.5) is 5.69 Å². The Kier molecular flexibility index (Phi) is 6.21. The molecule has 9 nitrogen and oxygen atoms in total. The largest absolute Gasteiger partial charge is 0.465 e. The van der Waals surface area contributed by atoms with E-state index in [9.17, 15) is 19.7 Å². The number of rotatable bonds is 7. The molecular weight excluding hydrogens is 388 g/mol. The average molecular weight is 408 g/mol. The summed E-state index contributed by atoms with van der Waals surface area (Å²) in [6.07, 6.45) is 3.89. The summed E-state index contributed by atoms with van der Waals surface area (Å²) in [7, 11) is 3.02. The number of nitro groups is 1. The Bertz CT molecular complexity index is 1080. The van der Waals surface area contributed by atoms with E-state index >= 15 is 0 Å². The van der Waals surface area contributed by atoms with Crippen LogP contribution in [0.2, 0.25) is 0 Å². The van der Waals surface area contributed by atoms with Crippen molar-refractivity contribution in [1.82, 2.24) is 14.9 Å². The summed E-state index contributed by atoms with van der Waals surface area (Å²) >= 11 is 0. The van der Waals surface area contributed by atoms with Crippen molar-refractivity contribution in [3.8, 4) is 0 Å². The number of nitro benzene ring substituents is 1. The van der Waals surface area contributed by atoms with E-state index in [0.29, 0.717) is 6.42 Å². The van der Waals surface area contributed by atoms with Crippen LogP contribution in [0.5, 0.6) is 0 Å². The van der Waals surface area contributed by atoms with Crippen LogP contribution in [0.1, 0.15) is 38.1 Å². The van der Waals surface area contributed by atoms with Crippen LogP contribution in [-0.4, -0.2) is 33.5 Å². The van der Waals surface area contributed by atoms with Crippen molar-refractivity contribution in [3.63, 3.8) is 0 Å². The highest BCUT2D eigenvalue weighted by atomic mass is 16.6. The number of benzene rings is 2. The van der Waals surface area contributed by atoms with Crippen molar-refractivity contribution in [1.29, 1.82) is 0 Å². The van der Waals surface area contributed by atoms with Crippen LogP contribution < -0.4 is 5.32 Å². The highest BCUT2D eigenvalue weighted by molar-refractivity contribution is 5.99. The lowest BCUT2D eigenvalue weighted by Crippen LogP contribution is -2.31. The van der Waals surface area contributed by atoms with E-state index in [1.165, 1.54) is 13.2 Å². The Morgan fingerprint density at radius 3 is 2.50 bits per heavy atom. The van der Waals surface area contributed by atoms with Gasteiger partial charge in [-0.3, -0.25) is 14.9 Å². The molecular formula is C21H20N4O5. The third kappa shape index (κ3) is 4.69. The van der Waals surface area contributed by atoms with Gasteiger partial charge < -0.3 is 14.6 Å². The molecule has 0 aliphatic rings. The first-order valence-corrected chi connectivity index (χ1v) is 9.09. The van der Waals surface area contributed by atoms with E-state index in [-0.39, 0.29) is 16.8 Å². The number of nitrogens with one attached hydrogen (secondary N) is 1. The molecule has 154 valence electrons. The van der Waals surface area contributed by atoms with Gasteiger partial charge in [0.15, 0.2) is 0 Å². The normalized spacial score (nSPS) is 11.5. The molecule has 30 heavy (non-hydrogen) atoms. The Balaban J connectivity index is 1.93. The average Bonchev–Trinajstić information content (AvgIpc) is 3.17. The summed E-state index contributed by atoms with van der Waals surface area (Å²) in [6.45, 7) is 0. The fourth-order valence-corrected chi connectivity index (χ4v) is 3.04. The zero-order valence-corrected chi connectivity index (χ0v) is 16.4. The third-order valence-corrected chi connectivity index (χ3v) is 4.63. The van der Waals surface area contributed by atoms with E-state index in [0.717, 1.165) is 23.5 Å². The standard InChI is InChI=1S/C21H20N4O5/c1-24-9-8-22-19(24)13-18(14-6-4-3-5-7-14)23-20(26)15-10-16(21(27)30-2)12-17(11-15)25(28)29/h3-12,18H,13H2,1-2H3,(H,23,26)/t18-/m0/s1. The molecule has 3 aromatic rings. The van der Waals surface area contributed by atoms with Gasteiger partial charge in [-0.25, -0.2) is 9.78 Å². The molecule has 0 saturated carbocycles. The van der Waals surface area contributed by atoms with Gasteiger partial charge in [-0.05, 0) is 11.6 Å². The first-order valence-electron chi connectivity index (χ1n) is 9.09. The number of aryl methyl sites for hydroxylation is 1. The maximum absolute atomic E-state index is 13.0. The molecule has 1 atom stereocenters. The van der Waals surface area contributed by atoms with Gasteiger partial charge in [-0.15, -0.1) is 0 Å². The maximum atomic E-state index is 13.0. The molecule has 3 rings (SSSR count). The quantitative estimate of drug-likeness (QED) is 0.365. The number of hydrogen-bond acceptors (Lipinski definition) is 6. The molecule has 0 saturated heterocycles. The molecule has 0 unspecified atom stereocenters. The number of non-ortho nitro benzene ring substituents is 1. The van der Waals surface area contributed by atoms with Crippen LogP contribution in [-0.2, 0) is 18.2 Å². The molecule has 0 aliphatic carbocycles. The van der Waals surface area contributed by atoms with E-state index in [2.05, 4.69) is 15.0 Å². The van der Waals surface area contributed by atoms with Gasteiger partial charge in [0.2, 0.25) is 0 Å². The molecule has 1 N–H and O–H groups in total. The first kappa shape index (κ1) is 20.7. The Hall–Kier alpha value is -4.01. The van der Waals surface area contributed by atoms with Gasteiger partial charge in [-0.2, -0.15) is 0 Å². The monoisotopic (exact) mass is 408 g/mol. The van der Waals surface area contributed by atoms with Crippen molar-refractivity contribution in [2.24, 2.45) is 7.05 Å². The van der Waals surface area contributed by atoms with Crippen molar-refractivity contribution in [3.05, 3.63) is 93.6 Å². The van der Waals surface area contributed by atoms with Crippen molar-refractivity contribution in [2.45, 2.75) is 12.5 Å². The molecule has 0 radical (unpaired) electrons. The summed E-state index contributed by atoms with van der Waals surface area (Å²) in [5, 5.41) is 14.1. The van der Waals surface area contributed by atoms with Crippen molar-refractivity contribution >= 4 is 17.6 Å². The lowest BCUT2D eigenvalue weighted by atomic mass is 10.0. The van der Waals surface area contributed by atoms with Crippen molar-refractivity contribution < 1.29 is 19.2 Å². The predicted molar refractivity (Wildman–Crippen MR) is 108 cm³/mol. The minimum absolute atomic E-state index is 0.00892. The van der Waals surface area contributed by atoms with Gasteiger partial charge in [0.05, 0.1) is 23.6 Å². The number of ether oxygens (including phenoxy) is 1. The molecule has 1 aromatic heterocycles. The smallest absolute Gasteiger partial charge is 0.338 e. The lowest BCUT2D eigenvalue weighted by Gasteiger charge is -2.19. The molecule has 1 amide bonds. The number of imidazole rings is 1. The minimum Gasteiger partial charge on any atom is -0.465 e. The first-order chi connectivity index (χ1) is 14.4. The highest BCUT2D eigenvalue weighted by Gasteiger charge is 2.22. The second-order valence-corrected chi connectivity index (χ2v) is 6.61. The van der Waals surface area contributed by atoms with Crippen LogP contribution in [0.25, 0.3) is 0 Å².